The van der Waals surface area contributed by atoms with Crippen molar-refractivity contribution in [2.75, 3.05) is 12.4 Å². The van der Waals surface area contributed by atoms with Crippen LogP contribution in [0.5, 0.6) is 5.75 Å². The number of carbonyl (C=O) groups excluding carboxylic acids is 2. The van der Waals surface area contributed by atoms with Gasteiger partial charge >= 0.3 is 0 Å². The molecular weight excluding hydrogens is 344 g/mol. The van der Waals surface area contributed by atoms with Gasteiger partial charge in [-0.25, -0.2) is 4.98 Å². The molecule has 0 saturated heterocycles. The summed E-state index contributed by atoms with van der Waals surface area (Å²) in [5, 5.41) is 5.69. The number of methoxy groups -OCH3 is 1. The van der Waals surface area contributed by atoms with Gasteiger partial charge in [-0.05, 0) is 36.4 Å². The van der Waals surface area contributed by atoms with Gasteiger partial charge in [0.15, 0.2) is 0 Å². The highest BCUT2D eigenvalue weighted by Gasteiger charge is 2.14. The Bertz CT molecular complexity index is 948. The second-order valence-electron chi connectivity index (χ2n) is 6.01. The molecule has 3 aromatic rings. The molecule has 2 aromatic carbocycles. The number of benzene rings is 2. The Hall–Kier alpha value is -3.35. The van der Waals surface area contributed by atoms with Crippen molar-refractivity contribution < 1.29 is 14.3 Å². The van der Waals surface area contributed by atoms with Crippen molar-refractivity contribution in [1.82, 2.24) is 14.9 Å². The van der Waals surface area contributed by atoms with Crippen LogP contribution in [0.4, 0.5) is 5.69 Å². The van der Waals surface area contributed by atoms with E-state index in [0.29, 0.717) is 17.9 Å². The van der Waals surface area contributed by atoms with Crippen LogP contribution in [0.3, 0.4) is 0 Å². The fourth-order valence-electron chi connectivity index (χ4n) is 2.76. The molecule has 0 aliphatic heterocycles. The van der Waals surface area contributed by atoms with Gasteiger partial charge in [0.25, 0.3) is 0 Å². The van der Waals surface area contributed by atoms with E-state index < -0.39 is 0 Å². The lowest BCUT2D eigenvalue weighted by Crippen LogP contribution is -2.26. The van der Waals surface area contributed by atoms with Crippen molar-refractivity contribution in [3.63, 3.8) is 0 Å². The van der Waals surface area contributed by atoms with E-state index >= 15 is 0 Å². The maximum Gasteiger partial charge on any atom is 0.244 e. The normalized spacial score (nSPS) is 10.6. The fourth-order valence-corrected chi connectivity index (χ4v) is 2.76. The molecule has 1 aromatic heterocycles. The lowest BCUT2D eigenvalue weighted by atomic mass is 10.3. The van der Waals surface area contributed by atoms with Gasteiger partial charge in [-0.15, -0.1) is 0 Å². The third kappa shape index (κ3) is 4.44. The van der Waals surface area contributed by atoms with Crippen LogP contribution in [0.1, 0.15) is 19.2 Å². The van der Waals surface area contributed by atoms with Crippen LogP contribution >= 0.6 is 0 Å². The molecule has 140 valence electrons. The number of amides is 2. The smallest absolute Gasteiger partial charge is 0.244 e. The molecule has 0 fully saturated rings. The fraction of sp³-hybridized carbons (Fsp3) is 0.250. The van der Waals surface area contributed by atoms with E-state index in [1.165, 1.54) is 0 Å². The summed E-state index contributed by atoms with van der Waals surface area (Å²) in [6, 6.07) is 14.7. The summed E-state index contributed by atoms with van der Waals surface area (Å²) in [5.74, 6) is 1.13. The number of hydrogen-bond donors (Lipinski definition) is 2. The molecule has 7 nitrogen and oxygen atoms in total. The highest BCUT2D eigenvalue weighted by Crippen LogP contribution is 2.18. The molecule has 27 heavy (non-hydrogen) atoms. The van der Waals surface area contributed by atoms with Crippen molar-refractivity contribution in [2.24, 2.45) is 0 Å². The quantitative estimate of drug-likeness (QED) is 0.673. The average Bonchev–Trinajstić information content (AvgIpc) is 3.04. The number of carbonyl (C=O) groups is 2. The van der Waals surface area contributed by atoms with Gasteiger partial charge < -0.3 is 19.9 Å². The third-order valence-corrected chi connectivity index (χ3v) is 4.17. The van der Waals surface area contributed by atoms with Gasteiger partial charge in [-0.2, -0.15) is 0 Å². The van der Waals surface area contributed by atoms with E-state index in [-0.39, 0.29) is 24.9 Å². The Morgan fingerprint density at radius 3 is 2.52 bits per heavy atom. The number of hydrogen-bond acceptors (Lipinski definition) is 4. The van der Waals surface area contributed by atoms with Crippen LogP contribution in [0, 0.1) is 0 Å². The summed E-state index contributed by atoms with van der Waals surface area (Å²) >= 11 is 0. The van der Waals surface area contributed by atoms with Crippen molar-refractivity contribution >= 4 is 28.5 Å². The maximum atomic E-state index is 12.5. The summed E-state index contributed by atoms with van der Waals surface area (Å²) < 4.78 is 6.94. The molecule has 0 saturated carbocycles. The molecule has 2 amide bonds. The summed E-state index contributed by atoms with van der Waals surface area (Å²) in [7, 11) is 1.59. The SMILES string of the molecule is CCC(=O)NCc1nc2ccccc2n1CC(=O)Nc1ccc(OC)cc1. The third-order valence-electron chi connectivity index (χ3n) is 4.17. The van der Waals surface area contributed by atoms with Crippen LogP contribution < -0.4 is 15.4 Å². The zero-order valence-electron chi connectivity index (χ0n) is 15.4. The lowest BCUT2D eigenvalue weighted by Gasteiger charge is -2.11. The number of rotatable bonds is 7. The van der Waals surface area contributed by atoms with E-state index in [4.69, 9.17) is 4.74 Å². The molecule has 0 radical (unpaired) electrons. The zero-order valence-corrected chi connectivity index (χ0v) is 15.4. The Labute approximate surface area is 157 Å². The number of ether oxygens (including phenoxy) is 1. The second kappa shape index (κ2) is 8.35. The van der Waals surface area contributed by atoms with Crippen molar-refractivity contribution in [1.29, 1.82) is 0 Å². The average molecular weight is 366 g/mol. The summed E-state index contributed by atoms with van der Waals surface area (Å²) in [6.45, 7) is 2.17. The Morgan fingerprint density at radius 2 is 1.81 bits per heavy atom. The molecule has 0 aliphatic carbocycles. The van der Waals surface area contributed by atoms with Crippen LogP contribution in [0.15, 0.2) is 48.5 Å². The van der Waals surface area contributed by atoms with Crippen molar-refractivity contribution in [2.45, 2.75) is 26.4 Å². The summed E-state index contributed by atoms with van der Waals surface area (Å²) in [4.78, 5) is 28.7. The molecule has 0 bridgehead atoms. The molecule has 2 N–H and O–H groups in total. The molecule has 1 heterocycles. The van der Waals surface area contributed by atoms with Crippen molar-refractivity contribution in [3.05, 3.63) is 54.4 Å². The minimum atomic E-state index is -0.175. The maximum absolute atomic E-state index is 12.5. The first-order valence-electron chi connectivity index (χ1n) is 8.75. The highest BCUT2D eigenvalue weighted by molar-refractivity contribution is 5.91. The number of nitrogens with zero attached hydrogens (tertiary/aromatic N) is 2. The first kappa shape index (κ1) is 18.4. The van der Waals surface area contributed by atoms with E-state index in [0.717, 1.165) is 16.8 Å². The minimum absolute atomic E-state index is 0.0590. The number of nitrogens with one attached hydrogen (secondary N) is 2. The van der Waals surface area contributed by atoms with E-state index in [1.807, 2.05) is 28.8 Å². The van der Waals surface area contributed by atoms with Gasteiger partial charge in [-0.3, -0.25) is 9.59 Å². The monoisotopic (exact) mass is 366 g/mol. The zero-order chi connectivity index (χ0) is 19.2. The van der Waals surface area contributed by atoms with Crippen molar-refractivity contribution in [3.8, 4) is 5.75 Å². The standard InChI is InChI=1S/C20H22N4O3/c1-3-19(25)21-12-18-23-16-6-4-5-7-17(16)24(18)13-20(26)22-14-8-10-15(27-2)11-9-14/h4-11H,3,12-13H2,1-2H3,(H,21,25)(H,22,26). The topological polar surface area (TPSA) is 85.2 Å². The summed E-state index contributed by atoms with van der Waals surface area (Å²) in [6.07, 6.45) is 0.401. The lowest BCUT2D eigenvalue weighted by molar-refractivity contribution is -0.121. The Morgan fingerprint density at radius 1 is 1.07 bits per heavy atom. The molecule has 0 atom stereocenters. The van der Waals surface area contributed by atoms with Crippen LogP contribution in [-0.2, 0) is 22.7 Å². The van der Waals surface area contributed by atoms with E-state index in [9.17, 15) is 9.59 Å². The van der Waals surface area contributed by atoms with E-state index in [2.05, 4.69) is 15.6 Å². The first-order valence-corrected chi connectivity index (χ1v) is 8.75. The molecule has 0 unspecified atom stereocenters. The molecule has 0 aliphatic rings. The van der Waals surface area contributed by atoms with Gasteiger partial charge in [0.1, 0.15) is 18.1 Å². The van der Waals surface area contributed by atoms with Gasteiger partial charge in [-0.1, -0.05) is 19.1 Å². The predicted molar refractivity (Wildman–Crippen MR) is 103 cm³/mol. The predicted octanol–water partition coefficient (Wildman–Crippen LogP) is 2.71. The summed E-state index contributed by atoms with van der Waals surface area (Å²) in [5.41, 5.74) is 2.32. The minimum Gasteiger partial charge on any atom is -0.497 e. The number of para-hydroxylation sites is 2. The molecule has 0 spiro atoms. The Kier molecular flexibility index (Phi) is 5.71. The number of fused-ring (bicyclic) bond motifs is 1. The van der Waals surface area contributed by atoms with Gasteiger partial charge in [0, 0.05) is 12.1 Å². The van der Waals surface area contributed by atoms with Gasteiger partial charge in [0.05, 0.1) is 24.7 Å². The second-order valence-corrected chi connectivity index (χ2v) is 6.01. The van der Waals surface area contributed by atoms with E-state index in [1.54, 1.807) is 38.3 Å². The first-order chi connectivity index (χ1) is 13.1. The van der Waals surface area contributed by atoms with Gasteiger partial charge in [0.2, 0.25) is 11.8 Å². The van der Waals surface area contributed by atoms with Crippen LogP contribution in [-0.4, -0.2) is 28.5 Å². The van der Waals surface area contributed by atoms with Crippen LogP contribution in [0.25, 0.3) is 11.0 Å². The molecule has 3 rings (SSSR count). The largest absolute Gasteiger partial charge is 0.497 e. The number of imidazole rings is 1. The number of anilines is 1. The highest BCUT2D eigenvalue weighted by atomic mass is 16.5. The Balaban J connectivity index is 1.79. The number of aromatic nitrogens is 2. The molecular formula is C20H22N4O3. The van der Waals surface area contributed by atoms with Crippen LogP contribution in [0.2, 0.25) is 0 Å². The molecule has 7 heteroatoms.